The molecule has 4 heterocycles. The summed E-state index contributed by atoms with van der Waals surface area (Å²) in [5, 5.41) is 10.6. The molecule has 1 unspecified atom stereocenters. The predicted octanol–water partition coefficient (Wildman–Crippen LogP) is 3.62. The van der Waals surface area contributed by atoms with Crippen LogP contribution in [0.25, 0.3) is 0 Å². The Morgan fingerprint density at radius 3 is 2.37 bits per heavy atom. The van der Waals surface area contributed by atoms with Crippen LogP contribution in [-0.2, 0) is 14.4 Å². The normalized spacial score (nSPS) is 37.1. The second-order valence-electron chi connectivity index (χ2n) is 12.2. The molecular formula is C30H45N3O4S. The second kappa shape index (κ2) is 10.6. The molecule has 2 saturated heterocycles. The monoisotopic (exact) mass is 543 g/mol. The lowest BCUT2D eigenvalue weighted by molar-refractivity contribution is -0.149. The van der Waals surface area contributed by atoms with E-state index in [9.17, 15) is 19.5 Å². The molecular weight excluding hydrogens is 498 g/mol. The van der Waals surface area contributed by atoms with Gasteiger partial charge in [0.05, 0.1) is 29.2 Å². The van der Waals surface area contributed by atoms with Gasteiger partial charge in [0.1, 0.15) is 6.04 Å². The first-order chi connectivity index (χ1) is 18.2. The van der Waals surface area contributed by atoms with Crippen molar-refractivity contribution in [1.29, 1.82) is 0 Å². The quantitative estimate of drug-likeness (QED) is 0.496. The fourth-order valence-electron chi connectivity index (χ4n) is 7.89. The molecule has 1 N–H and O–H groups in total. The number of hydrogen-bond donors (Lipinski definition) is 1. The van der Waals surface area contributed by atoms with Crippen molar-refractivity contribution in [2.75, 3.05) is 26.2 Å². The molecule has 0 aromatic heterocycles. The van der Waals surface area contributed by atoms with Crippen LogP contribution in [0.5, 0.6) is 0 Å². The van der Waals surface area contributed by atoms with Crippen LogP contribution in [-0.4, -0.2) is 91.4 Å². The van der Waals surface area contributed by atoms with Crippen molar-refractivity contribution in [3.63, 3.8) is 0 Å². The van der Waals surface area contributed by atoms with Gasteiger partial charge in [0.15, 0.2) is 0 Å². The number of nitrogens with zero attached hydrogens (tertiary/aromatic N) is 3. The number of fused-ring (bicyclic) bond motifs is 2. The zero-order valence-corrected chi connectivity index (χ0v) is 24.3. The molecule has 3 amide bonds. The number of carbonyl (C=O) groups excluding carboxylic acids is 3. The predicted molar refractivity (Wildman–Crippen MR) is 150 cm³/mol. The van der Waals surface area contributed by atoms with E-state index in [4.69, 9.17) is 0 Å². The van der Waals surface area contributed by atoms with Crippen LogP contribution >= 0.6 is 11.8 Å². The number of aliphatic hydroxyl groups excluding tert-OH is 1. The van der Waals surface area contributed by atoms with Crippen LogP contribution in [0.3, 0.4) is 0 Å². The molecule has 3 fully saturated rings. The lowest BCUT2D eigenvalue weighted by atomic mass is 9.74. The smallest absolute Gasteiger partial charge is 0.247 e. The topological polar surface area (TPSA) is 81.2 Å². The average molecular weight is 544 g/mol. The summed E-state index contributed by atoms with van der Waals surface area (Å²) < 4.78 is -1.42. The van der Waals surface area contributed by atoms with Crippen molar-refractivity contribution in [1.82, 2.24) is 14.7 Å². The number of hydrogen-bond acceptors (Lipinski definition) is 5. The standard InChI is InChI=1S/C30H45N3O4S/c1-5-16-31-17-10-14-29(4)23(26(31)35)24-27(36)33(22(19-34)20(3)6-2)25-28(37)32(21-12-8-7-9-13-21)18-11-15-30(24,25)38-29/h10-11,14-15,20-25,34H,5-9,12-13,16-19H2,1-4H3/t20-,22-,23+,24-,25?,29-,30-/m0/s1. The molecule has 5 rings (SSSR count). The van der Waals surface area contributed by atoms with E-state index in [1.54, 1.807) is 16.7 Å². The van der Waals surface area contributed by atoms with Gasteiger partial charge in [-0.3, -0.25) is 14.4 Å². The minimum Gasteiger partial charge on any atom is -0.394 e. The first-order valence-electron chi connectivity index (χ1n) is 14.8. The van der Waals surface area contributed by atoms with Crippen LogP contribution in [0.15, 0.2) is 24.3 Å². The molecule has 0 aromatic rings. The average Bonchev–Trinajstić information content (AvgIpc) is 3.18. The van der Waals surface area contributed by atoms with Crippen molar-refractivity contribution in [2.45, 2.75) is 100 Å². The van der Waals surface area contributed by atoms with E-state index in [1.807, 2.05) is 16.7 Å². The summed E-state index contributed by atoms with van der Waals surface area (Å²) in [6.07, 6.45) is 15.5. The van der Waals surface area contributed by atoms with E-state index in [2.05, 4.69) is 45.1 Å². The molecule has 0 bridgehead atoms. The highest BCUT2D eigenvalue weighted by Gasteiger charge is 2.74. The lowest BCUT2D eigenvalue weighted by Gasteiger charge is -2.43. The van der Waals surface area contributed by atoms with E-state index in [0.717, 1.165) is 38.5 Å². The zero-order chi connectivity index (χ0) is 27.2. The number of amides is 3. The van der Waals surface area contributed by atoms with Gasteiger partial charge in [-0.1, -0.05) is 70.8 Å². The van der Waals surface area contributed by atoms with Crippen molar-refractivity contribution >= 4 is 29.5 Å². The SMILES string of the molecule is CCCN1CC=C[C@]2(C)S[C@]34C=CCN(C5CCCCC5)C(=O)C3N([C@@H](CO)[C@@H](C)CC)C(=O)[C@@H]4[C@@H]2C1=O. The fraction of sp³-hybridized carbons (Fsp3) is 0.767. The summed E-state index contributed by atoms with van der Waals surface area (Å²) in [5.41, 5.74) is 0. The Balaban J connectivity index is 1.64. The highest BCUT2D eigenvalue weighted by atomic mass is 32.2. The van der Waals surface area contributed by atoms with E-state index in [0.29, 0.717) is 19.6 Å². The largest absolute Gasteiger partial charge is 0.394 e. The van der Waals surface area contributed by atoms with Gasteiger partial charge < -0.3 is 19.8 Å². The summed E-state index contributed by atoms with van der Waals surface area (Å²) in [6.45, 7) is 9.80. The molecule has 7 atom stereocenters. The third-order valence-corrected chi connectivity index (χ3v) is 11.8. The Bertz CT molecular complexity index is 1010. The highest BCUT2D eigenvalue weighted by molar-refractivity contribution is 8.02. The summed E-state index contributed by atoms with van der Waals surface area (Å²) in [5.74, 6) is -1.29. The van der Waals surface area contributed by atoms with Gasteiger partial charge in [0, 0.05) is 30.4 Å². The molecule has 210 valence electrons. The third kappa shape index (κ3) is 4.16. The molecule has 7 nitrogen and oxygen atoms in total. The van der Waals surface area contributed by atoms with Gasteiger partial charge in [-0.25, -0.2) is 0 Å². The first-order valence-corrected chi connectivity index (χ1v) is 15.6. The molecule has 1 saturated carbocycles. The van der Waals surface area contributed by atoms with Crippen molar-refractivity contribution in [3.8, 4) is 0 Å². The summed E-state index contributed by atoms with van der Waals surface area (Å²) in [6, 6.07) is -1.00. The highest BCUT2D eigenvalue weighted by Crippen LogP contribution is 2.66. The molecule has 38 heavy (non-hydrogen) atoms. The number of aliphatic hydroxyl groups is 1. The Morgan fingerprint density at radius 1 is 1.00 bits per heavy atom. The van der Waals surface area contributed by atoms with E-state index >= 15 is 0 Å². The summed E-state index contributed by atoms with van der Waals surface area (Å²) >= 11 is 1.64. The number of likely N-dealkylation sites (tertiary alicyclic amines) is 1. The third-order valence-electron chi connectivity index (χ3n) is 9.96. The van der Waals surface area contributed by atoms with Gasteiger partial charge in [-0.15, -0.1) is 11.8 Å². The van der Waals surface area contributed by atoms with Crippen molar-refractivity contribution in [2.24, 2.45) is 17.8 Å². The molecule has 1 aliphatic carbocycles. The van der Waals surface area contributed by atoms with Crippen LogP contribution in [0.2, 0.25) is 0 Å². The minimum atomic E-state index is -0.840. The second-order valence-corrected chi connectivity index (χ2v) is 14.0. The van der Waals surface area contributed by atoms with Crippen molar-refractivity contribution in [3.05, 3.63) is 24.3 Å². The van der Waals surface area contributed by atoms with E-state index < -0.39 is 33.4 Å². The number of rotatable bonds is 7. The number of thioether (sulfide) groups is 1. The van der Waals surface area contributed by atoms with Gasteiger partial charge >= 0.3 is 0 Å². The van der Waals surface area contributed by atoms with Gasteiger partial charge in [0.2, 0.25) is 17.7 Å². The van der Waals surface area contributed by atoms with Gasteiger partial charge in [-0.05, 0) is 32.1 Å². The van der Waals surface area contributed by atoms with Crippen LogP contribution < -0.4 is 0 Å². The van der Waals surface area contributed by atoms with Gasteiger partial charge in [0.25, 0.3) is 0 Å². The molecule has 1 spiro atoms. The summed E-state index contributed by atoms with van der Waals surface area (Å²) in [7, 11) is 0. The maximum absolute atomic E-state index is 14.7. The van der Waals surface area contributed by atoms with Crippen LogP contribution in [0.1, 0.15) is 72.6 Å². The van der Waals surface area contributed by atoms with Crippen molar-refractivity contribution < 1.29 is 19.5 Å². The van der Waals surface area contributed by atoms with Crippen LogP contribution in [0, 0.1) is 17.8 Å². The Hall–Kier alpha value is -1.80. The molecule has 0 radical (unpaired) electrons. The first kappa shape index (κ1) is 27.8. The summed E-state index contributed by atoms with van der Waals surface area (Å²) in [4.78, 5) is 49.1. The Labute approximate surface area is 232 Å². The Kier molecular flexibility index (Phi) is 7.77. The van der Waals surface area contributed by atoms with E-state index in [1.165, 1.54) is 6.42 Å². The van der Waals surface area contributed by atoms with Gasteiger partial charge in [-0.2, -0.15) is 0 Å². The molecule has 0 aromatic carbocycles. The number of carbonyl (C=O) groups is 3. The Morgan fingerprint density at radius 2 is 1.71 bits per heavy atom. The van der Waals surface area contributed by atoms with Crippen LogP contribution in [0.4, 0.5) is 0 Å². The molecule has 4 aliphatic heterocycles. The van der Waals surface area contributed by atoms with E-state index in [-0.39, 0.29) is 36.3 Å². The molecule has 5 aliphatic rings. The molecule has 8 heteroatoms. The maximum Gasteiger partial charge on any atom is 0.247 e. The zero-order valence-electron chi connectivity index (χ0n) is 23.5. The minimum absolute atomic E-state index is 0.00564. The maximum atomic E-state index is 14.7. The fourth-order valence-corrected chi connectivity index (χ4v) is 10.0. The lowest BCUT2D eigenvalue weighted by Crippen LogP contribution is -2.59.